The van der Waals surface area contributed by atoms with E-state index in [2.05, 4.69) is 10.3 Å². The van der Waals surface area contributed by atoms with Crippen molar-refractivity contribution < 1.29 is 9.53 Å². The van der Waals surface area contributed by atoms with E-state index in [0.717, 1.165) is 12.2 Å². The maximum atomic E-state index is 12.5. The first-order valence-corrected chi connectivity index (χ1v) is 6.76. The molecule has 1 N–H and O–H groups in total. The maximum absolute atomic E-state index is 12.5. The fourth-order valence-electron chi connectivity index (χ4n) is 2.24. The molecule has 1 aliphatic rings. The van der Waals surface area contributed by atoms with E-state index in [-0.39, 0.29) is 42.9 Å². The van der Waals surface area contributed by atoms with Crippen LogP contribution in [0.15, 0.2) is 24.4 Å². The molecule has 2 heterocycles. The van der Waals surface area contributed by atoms with Gasteiger partial charge in [-0.1, -0.05) is 6.07 Å². The SMILES string of the molecule is CCN(Cc1ccccn1)C(=O)[C@H]1NCCO[C@@H]1C.Cl.Cl. The first kappa shape index (κ1) is 20.1. The van der Waals surface area contributed by atoms with Crippen LogP contribution < -0.4 is 5.32 Å². The summed E-state index contributed by atoms with van der Waals surface area (Å²) in [5.41, 5.74) is 0.905. The van der Waals surface area contributed by atoms with Crippen molar-refractivity contribution in [2.24, 2.45) is 0 Å². The quantitative estimate of drug-likeness (QED) is 0.908. The molecule has 1 aromatic heterocycles. The molecule has 7 heteroatoms. The number of ether oxygens (including phenoxy) is 1. The van der Waals surface area contributed by atoms with Gasteiger partial charge in [-0.25, -0.2) is 0 Å². The van der Waals surface area contributed by atoms with Gasteiger partial charge in [-0.15, -0.1) is 24.8 Å². The number of rotatable bonds is 4. The Morgan fingerprint density at radius 1 is 1.48 bits per heavy atom. The van der Waals surface area contributed by atoms with E-state index < -0.39 is 0 Å². The number of nitrogens with one attached hydrogen (secondary N) is 1. The van der Waals surface area contributed by atoms with Crippen LogP contribution in [0.25, 0.3) is 0 Å². The number of halogens is 2. The molecule has 1 aromatic rings. The number of amides is 1. The van der Waals surface area contributed by atoms with Crippen molar-refractivity contribution in [3.05, 3.63) is 30.1 Å². The topological polar surface area (TPSA) is 54.5 Å². The van der Waals surface area contributed by atoms with Crippen LogP contribution in [0.2, 0.25) is 0 Å². The summed E-state index contributed by atoms with van der Waals surface area (Å²) < 4.78 is 5.53. The van der Waals surface area contributed by atoms with Crippen LogP contribution in [-0.2, 0) is 16.1 Å². The van der Waals surface area contributed by atoms with Crippen molar-refractivity contribution >= 4 is 30.7 Å². The van der Waals surface area contributed by atoms with Crippen molar-refractivity contribution in [1.82, 2.24) is 15.2 Å². The minimum atomic E-state index is -0.252. The Hall–Kier alpha value is -0.880. The molecule has 0 aromatic carbocycles. The third-order valence-corrected chi connectivity index (χ3v) is 3.35. The van der Waals surface area contributed by atoms with E-state index in [1.165, 1.54) is 0 Å². The summed E-state index contributed by atoms with van der Waals surface area (Å²) in [4.78, 5) is 18.6. The summed E-state index contributed by atoms with van der Waals surface area (Å²) in [7, 11) is 0. The second-order valence-corrected chi connectivity index (χ2v) is 4.68. The predicted molar refractivity (Wildman–Crippen MR) is 87.0 cm³/mol. The van der Waals surface area contributed by atoms with Crippen molar-refractivity contribution in [3.63, 3.8) is 0 Å². The molecule has 1 saturated heterocycles. The Bertz CT molecular complexity index is 420. The Labute approximate surface area is 138 Å². The van der Waals surface area contributed by atoms with Gasteiger partial charge >= 0.3 is 0 Å². The molecule has 1 fully saturated rings. The van der Waals surface area contributed by atoms with Crippen LogP contribution in [-0.4, -0.2) is 47.6 Å². The number of carbonyl (C=O) groups excluding carboxylic acids is 1. The Morgan fingerprint density at radius 2 is 2.24 bits per heavy atom. The van der Waals surface area contributed by atoms with Crippen LogP contribution >= 0.6 is 24.8 Å². The van der Waals surface area contributed by atoms with Crippen molar-refractivity contribution in [1.29, 1.82) is 0 Å². The average Bonchev–Trinajstić information content (AvgIpc) is 2.46. The highest BCUT2D eigenvalue weighted by Gasteiger charge is 2.31. The lowest BCUT2D eigenvalue weighted by Crippen LogP contribution is -2.56. The molecule has 0 aliphatic carbocycles. The van der Waals surface area contributed by atoms with Gasteiger partial charge in [0.15, 0.2) is 0 Å². The molecule has 0 bridgehead atoms. The van der Waals surface area contributed by atoms with Gasteiger partial charge in [-0.2, -0.15) is 0 Å². The molecular weight excluding hydrogens is 313 g/mol. The standard InChI is InChI=1S/C14H21N3O2.2ClH/c1-3-17(10-12-6-4-5-7-15-12)14(18)13-11(2)19-9-8-16-13;;/h4-7,11,13,16H,3,8-10H2,1-2H3;2*1H/t11-,13+;;/m1../s1. The lowest BCUT2D eigenvalue weighted by atomic mass is 10.1. The zero-order valence-electron chi connectivity index (χ0n) is 12.3. The smallest absolute Gasteiger partial charge is 0.242 e. The highest BCUT2D eigenvalue weighted by Crippen LogP contribution is 2.10. The van der Waals surface area contributed by atoms with E-state index in [9.17, 15) is 4.79 Å². The van der Waals surface area contributed by atoms with Gasteiger partial charge in [0.2, 0.25) is 5.91 Å². The van der Waals surface area contributed by atoms with E-state index >= 15 is 0 Å². The van der Waals surface area contributed by atoms with Crippen molar-refractivity contribution in [3.8, 4) is 0 Å². The number of nitrogens with zero attached hydrogens (tertiary/aromatic N) is 2. The van der Waals surface area contributed by atoms with Crippen LogP contribution in [0.4, 0.5) is 0 Å². The fraction of sp³-hybridized carbons (Fsp3) is 0.571. The van der Waals surface area contributed by atoms with Gasteiger partial charge in [0.1, 0.15) is 6.04 Å². The van der Waals surface area contributed by atoms with E-state index in [1.807, 2.05) is 36.9 Å². The minimum absolute atomic E-state index is 0. The zero-order chi connectivity index (χ0) is 13.7. The van der Waals surface area contributed by atoms with Crippen LogP contribution in [0.3, 0.4) is 0 Å². The van der Waals surface area contributed by atoms with E-state index in [1.54, 1.807) is 6.20 Å². The Morgan fingerprint density at radius 3 is 2.81 bits per heavy atom. The molecule has 120 valence electrons. The average molecular weight is 336 g/mol. The third-order valence-electron chi connectivity index (χ3n) is 3.35. The molecule has 0 saturated carbocycles. The first-order valence-electron chi connectivity index (χ1n) is 6.76. The Kier molecular flexibility index (Phi) is 9.53. The highest BCUT2D eigenvalue weighted by atomic mass is 35.5. The maximum Gasteiger partial charge on any atom is 0.242 e. The lowest BCUT2D eigenvalue weighted by Gasteiger charge is -2.33. The van der Waals surface area contributed by atoms with Crippen LogP contribution in [0.5, 0.6) is 0 Å². The summed E-state index contributed by atoms with van der Waals surface area (Å²) in [5, 5.41) is 3.23. The first-order chi connectivity index (χ1) is 9.22. The molecule has 21 heavy (non-hydrogen) atoms. The second-order valence-electron chi connectivity index (χ2n) is 4.68. The highest BCUT2D eigenvalue weighted by molar-refractivity contribution is 5.85. The van der Waals surface area contributed by atoms with Crippen LogP contribution in [0, 0.1) is 0 Å². The largest absolute Gasteiger partial charge is 0.375 e. The number of hydrogen-bond donors (Lipinski definition) is 1. The molecular formula is C14H23Cl2N3O2. The molecule has 2 rings (SSSR count). The fourth-order valence-corrected chi connectivity index (χ4v) is 2.24. The van der Waals surface area contributed by atoms with Gasteiger partial charge in [0.05, 0.1) is 24.9 Å². The molecule has 0 unspecified atom stereocenters. The van der Waals surface area contributed by atoms with E-state index in [0.29, 0.717) is 19.7 Å². The normalized spacial score (nSPS) is 20.9. The predicted octanol–water partition coefficient (Wildman–Crippen LogP) is 1.65. The van der Waals surface area contributed by atoms with Crippen LogP contribution in [0.1, 0.15) is 19.5 Å². The van der Waals surface area contributed by atoms with Gasteiger partial charge in [-0.3, -0.25) is 9.78 Å². The van der Waals surface area contributed by atoms with Gasteiger partial charge in [0, 0.05) is 19.3 Å². The molecule has 0 spiro atoms. The number of likely N-dealkylation sites (N-methyl/N-ethyl adjacent to an activating group) is 1. The second kappa shape index (κ2) is 9.95. The monoisotopic (exact) mass is 335 g/mol. The molecule has 5 nitrogen and oxygen atoms in total. The summed E-state index contributed by atoms with van der Waals surface area (Å²) in [6, 6.07) is 5.49. The number of morpholine rings is 1. The van der Waals surface area contributed by atoms with Crippen molar-refractivity contribution in [2.75, 3.05) is 19.7 Å². The number of pyridine rings is 1. The number of hydrogen-bond acceptors (Lipinski definition) is 4. The lowest BCUT2D eigenvalue weighted by molar-refractivity contribution is -0.140. The number of aromatic nitrogens is 1. The minimum Gasteiger partial charge on any atom is -0.375 e. The third kappa shape index (κ3) is 5.43. The van der Waals surface area contributed by atoms with Crippen molar-refractivity contribution in [2.45, 2.75) is 32.5 Å². The summed E-state index contributed by atoms with van der Waals surface area (Å²) >= 11 is 0. The molecule has 1 amide bonds. The summed E-state index contributed by atoms with van der Waals surface area (Å²) in [5.74, 6) is 0.0837. The molecule has 0 radical (unpaired) electrons. The summed E-state index contributed by atoms with van der Waals surface area (Å²) in [6.07, 6.45) is 1.66. The van der Waals surface area contributed by atoms with E-state index in [4.69, 9.17) is 4.74 Å². The molecule has 2 atom stereocenters. The molecule has 1 aliphatic heterocycles. The van der Waals surface area contributed by atoms with Gasteiger partial charge < -0.3 is 15.0 Å². The zero-order valence-corrected chi connectivity index (χ0v) is 14.0. The number of carbonyl (C=O) groups is 1. The van der Waals surface area contributed by atoms with Gasteiger partial charge in [-0.05, 0) is 26.0 Å². The Balaban J connectivity index is 0.00000200. The summed E-state index contributed by atoms with van der Waals surface area (Å²) in [6.45, 7) is 6.51. The van der Waals surface area contributed by atoms with Gasteiger partial charge in [0.25, 0.3) is 0 Å².